The molecule has 2 aliphatic carbocycles. The van der Waals surface area contributed by atoms with Gasteiger partial charge < -0.3 is 16.0 Å². The van der Waals surface area contributed by atoms with E-state index >= 15 is 0 Å². The summed E-state index contributed by atoms with van der Waals surface area (Å²) >= 11 is 0. The second-order valence-corrected chi connectivity index (χ2v) is 10.2. The van der Waals surface area contributed by atoms with Crippen LogP contribution in [0.25, 0.3) is 0 Å². The number of amidine groups is 2. The molecule has 0 aromatic heterocycles. The molecule has 5 rings (SSSR count). The molecule has 0 radical (unpaired) electrons. The van der Waals surface area contributed by atoms with E-state index in [0.717, 1.165) is 43.9 Å². The summed E-state index contributed by atoms with van der Waals surface area (Å²) in [6, 6.07) is 0.680. The minimum absolute atomic E-state index is 0.509. The second-order valence-electron chi connectivity index (χ2n) is 10.2. The molecule has 3 unspecified atom stereocenters. The quantitative estimate of drug-likeness (QED) is 0.583. The van der Waals surface area contributed by atoms with Crippen molar-refractivity contribution in [3.63, 3.8) is 0 Å². The van der Waals surface area contributed by atoms with E-state index in [1.165, 1.54) is 69.6 Å². The van der Waals surface area contributed by atoms with Crippen molar-refractivity contribution in [1.29, 1.82) is 0 Å². The lowest BCUT2D eigenvalue weighted by atomic mass is 9.73. The van der Waals surface area contributed by atoms with Gasteiger partial charge in [-0.3, -0.25) is 15.3 Å². The lowest BCUT2D eigenvalue weighted by molar-refractivity contribution is 0.101. The fraction of sp³-hybridized carbons (Fsp3) is 0.913. The summed E-state index contributed by atoms with van der Waals surface area (Å²) in [5.41, 5.74) is 0. The summed E-state index contributed by atoms with van der Waals surface area (Å²) < 4.78 is 0. The lowest BCUT2D eigenvalue weighted by Gasteiger charge is -2.46. The number of aliphatic imine (C=N–C) groups is 2. The van der Waals surface area contributed by atoms with Crippen molar-refractivity contribution in [3.05, 3.63) is 0 Å². The maximum Gasteiger partial charge on any atom is 0.0995 e. The smallest absolute Gasteiger partial charge is 0.0995 e. The highest BCUT2D eigenvalue weighted by atomic mass is 15.2. The van der Waals surface area contributed by atoms with E-state index in [-0.39, 0.29) is 0 Å². The Labute approximate surface area is 176 Å². The van der Waals surface area contributed by atoms with Crippen molar-refractivity contribution in [2.75, 3.05) is 32.7 Å². The number of hydrogen-bond donors (Lipinski definition) is 4. The molecule has 5 aliphatic rings. The van der Waals surface area contributed by atoms with E-state index in [4.69, 9.17) is 0 Å². The molecule has 3 atom stereocenters. The Hall–Kier alpha value is -1.14. The second kappa shape index (κ2) is 8.93. The highest BCUT2D eigenvalue weighted by molar-refractivity contribution is 5.86. The van der Waals surface area contributed by atoms with Crippen LogP contribution in [0.1, 0.15) is 58.3 Å². The topological polar surface area (TPSA) is 72.8 Å². The van der Waals surface area contributed by atoms with E-state index in [2.05, 4.69) is 38.2 Å². The molecule has 6 nitrogen and oxygen atoms in total. The number of nitrogens with zero attached hydrogens (tertiary/aromatic N) is 2. The normalized spacial score (nSPS) is 43.3. The minimum atomic E-state index is 0.509. The van der Waals surface area contributed by atoms with Crippen LogP contribution >= 0.6 is 0 Å². The van der Waals surface area contributed by atoms with Gasteiger partial charge in [0.1, 0.15) is 0 Å². The first-order chi connectivity index (χ1) is 14.3. The molecule has 3 fully saturated rings. The van der Waals surface area contributed by atoms with Crippen LogP contribution in [0.15, 0.2) is 9.98 Å². The van der Waals surface area contributed by atoms with Gasteiger partial charge in [-0.2, -0.15) is 0 Å². The van der Waals surface area contributed by atoms with E-state index < -0.39 is 0 Å². The van der Waals surface area contributed by atoms with Gasteiger partial charge in [0.15, 0.2) is 0 Å². The maximum atomic E-state index is 4.69. The molecular weight excluding hydrogens is 360 g/mol. The molecule has 0 amide bonds. The summed E-state index contributed by atoms with van der Waals surface area (Å²) in [6.45, 7) is 7.67. The van der Waals surface area contributed by atoms with Crippen LogP contribution in [0.4, 0.5) is 0 Å². The SMILES string of the molecule is CC1CNC(C2CCC(C3=NCCN3)CC2)NC1C1CCC(C2=NCCN2)CC1. The average Bonchev–Trinajstić information content (AvgIpc) is 3.49. The van der Waals surface area contributed by atoms with Crippen molar-refractivity contribution in [3.8, 4) is 0 Å². The first kappa shape index (κ1) is 19.8. The van der Waals surface area contributed by atoms with Crippen LogP contribution in [-0.2, 0) is 0 Å². The summed E-state index contributed by atoms with van der Waals surface area (Å²) in [7, 11) is 0. The van der Waals surface area contributed by atoms with Gasteiger partial charge in [0.2, 0.25) is 0 Å². The van der Waals surface area contributed by atoms with Crippen LogP contribution in [-0.4, -0.2) is 56.6 Å². The average molecular weight is 401 g/mol. The first-order valence-corrected chi connectivity index (χ1v) is 12.3. The van der Waals surface area contributed by atoms with E-state index in [1.54, 1.807) is 0 Å². The van der Waals surface area contributed by atoms with Gasteiger partial charge in [-0.15, -0.1) is 0 Å². The predicted molar refractivity (Wildman–Crippen MR) is 119 cm³/mol. The highest BCUT2D eigenvalue weighted by Gasteiger charge is 2.39. The van der Waals surface area contributed by atoms with E-state index in [9.17, 15) is 0 Å². The van der Waals surface area contributed by atoms with Crippen LogP contribution in [0.3, 0.4) is 0 Å². The number of nitrogens with one attached hydrogen (secondary N) is 4. The van der Waals surface area contributed by atoms with Crippen LogP contribution < -0.4 is 21.3 Å². The summed E-state index contributed by atoms with van der Waals surface area (Å²) in [4.78, 5) is 9.36. The molecule has 0 aromatic rings. The summed E-state index contributed by atoms with van der Waals surface area (Å²) in [6.07, 6.45) is 11.1. The predicted octanol–water partition coefficient (Wildman–Crippen LogP) is 2.13. The molecule has 4 N–H and O–H groups in total. The number of rotatable bonds is 4. The molecule has 2 saturated carbocycles. The summed E-state index contributed by atoms with van der Waals surface area (Å²) in [5, 5.41) is 15.0. The standard InChI is InChI=1S/C23H40N6/c1-15-14-28-23(19-8-6-18(7-9-19)22-26-12-13-27-22)29-20(15)16-2-4-17(5-3-16)21-24-10-11-25-21/h15-20,23,28-29H,2-14H2,1H3,(H,24,25)(H,26,27). The Kier molecular flexibility index (Phi) is 6.09. The van der Waals surface area contributed by atoms with Gasteiger partial charge in [0.05, 0.1) is 30.9 Å². The van der Waals surface area contributed by atoms with Gasteiger partial charge in [0.25, 0.3) is 0 Å². The molecule has 0 bridgehead atoms. The Morgan fingerprint density at radius 2 is 1.28 bits per heavy atom. The fourth-order valence-electron chi connectivity index (χ4n) is 6.63. The zero-order chi connectivity index (χ0) is 19.6. The summed E-state index contributed by atoms with van der Waals surface area (Å²) in [5.74, 6) is 6.34. The van der Waals surface area contributed by atoms with Crippen molar-refractivity contribution in [1.82, 2.24) is 21.3 Å². The molecule has 162 valence electrons. The molecule has 1 saturated heterocycles. The Bertz CT molecular complexity index is 615. The van der Waals surface area contributed by atoms with Gasteiger partial charge in [-0.05, 0) is 69.1 Å². The minimum Gasteiger partial charge on any atom is -0.372 e. The van der Waals surface area contributed by atoms with Crippen LogP contribution in [0.2, 0.25) is 0 Å². The third kappa shape index (κ3) is 4.34. The Morgan fingerprint density at radius 3 is 1.79 bits per heavy atom. The van der Waals surface area contributed by atoms with Crippen molar-refractivity contribution >= 4 is 11.7 Å². The van der Waals surface area contributed by atoms with Gasteiger partial charge in [-0.1, -0.05) is 6.92 Å². The molecule has 3 heterocycles. The van der Waals surface area contributed by atoms with Crippen molar-refractivity contribution in [2.45, 2.75) is 70.5 Å². The molecule has 6 heteroatoms. The number of hydrogen-bond acceptors (Lipinski definition) is 6. The zero-order valence-electron chi connectivity index (χ0n) is 18.1. The molecular formula is C23H40N6. The third-order valence-electron chi connectivity index (χ3n) is 8.34. The molecule has 0 spiro atoms. The van der Waals surface area contributed by atoms with Gasteiger partial charge in [0, 0.05) is 37.5 Å². The third-order valence-corrected chi connectivity index (χ3v) is 8.34. The maximum absolute atomic E-state index is 4.69. The molecule has 0 aromatic carbocycles. The van der Waals surface area contributed by atoms with Crippen LogP contribution in [0.5, 0.6) is 0 Å². The molecule has 29 heavy (non-hydrogen) atoms. The highest BCUT2D eigenvalue weighted by Crippen LogP contribution is 2.37. The largest absolute Gasteiger partial charge is 0.372 e. The zero-order valence-corrected chi connectivity index (χ0v) is 18.1. The van der Waals surface area contributed by atoms with E-state index in [0.29, 0.717) is 24.0 Å². The van der Waals surface area contributed by atoms with Gasteiger partial charge in [-0.25, -0.2) is 0 Å². The Morgan fingerprint density at radius 1 is 0.724 bits per heavy atom. The fourth-order valence-corrected chi connectivity index (χ4v) is 6.63. The molecule has 3 aliphatic heterocycles. The first-order valence-electron chi connectivity index (χ1n) is 12.3. The van der Waals surface area contributed by atoms with Crippen LogP contribution in [0, 0.1) is 29.6 Å². The van der Waals surface area contributed by atoms with E-state index in [1.807, 2.05) is 0 Å². The monoisotopic (exact) mass is 400 g/mol. The van der Waals surface area contributed by atoms with Gasteiger partial charge >= 0.3 is 0 Å². The lowest BCUT2D eigenvalue weighted by Crippen LogP contribution is -2.63. The van der Waals surface area contributed by atoms with Crippen molar-refractivity contribution < 1.29 is 0 Å². The Balaban J connectivity index is 1.13. The van der Waals surface area contributed by atoms with Crippen molar-refractivity contribution in [2.24, 2.45) is 39.6 Å².